The van der Waals surface area contributed by atoms with E-state index in [0.29, 0.717) is 17.4 Å². The van der Waals surface area contributed by atoms with Gasteiger partial charge in [0.15, 0.2) is 0 Å². The van der Waals surface area contributed by atoms with Crippen molar-refractivity contribution in [3.63, 3.8) is 0 Å². The first-order chi connectivity index (χ1) is 5.72. The van der Waals surface area contributed by atoms with E-state index in [1.807, 2.05) is 13.8 Å². The van der Waals surface area contributed by atoms with E-state index in [-0.39, 0.29) is 5.78 Å². The largest absolute Gasteiger partial charge is 0.440 e. The molecule has 66 valence electrons. The van der Waals surface area contributed by atoms with Crippen LogP contribution >= 0.6 is 11.8 Å². The maximum Gasteiger partial charge on any atom is 0.256 e. The number of aromatic nitrogens is 1. The van der Waals surface area contributed by atoms with Crippen molar-refractivity contribution in [3.8, 4) is 0 Å². The minimum absolute atomic E-state index is 0.218. The maximum absolute atomic E-state index is 10.9. The predicted molar refractivity (Wildman–Crippen MR) is 47.3 cm³/mol. The van der Waals surface area contributed by atoms with Gasteiger partial charge in [0.05, 0.1) is 11.4 Å². The van der Waals surface area contributed by atoms with Crippen molar-refractivity contribution in [2.24, 2.45) is 0 Å². The van der Waals surface area contributed by atoms with Gasteiger partial charge in [0.1, 0.15) is 12.0 Å². The van der Waals surface area contributed by atoms with Gasteiger partial charge in [0.25, 0.3) is 5.22 Å². The second-order valence-electron chi connectivity index (χ2n) is 2.44. The fourth-order valence-corrected chi connectivity index (χ4v) is 1.46. The molecular weight excluding hydrogens is 174 g/mol. The van der Waals surface area contributed by atoms with Crippen LogP contribution in [0.25, 0.3) is 0 Å². The first-order valence-corrected chi connectivity index (χ1v) is 4.77. The third kappa shape index (κ3) is 2.70. The molecule has 3 nitrogen and oxygen atoms in total. The molecule has 0 spiro atoms. The summed E-state index contributed by atoms with van der Waals surface area (Å²) in [5.74, 6) is 0.673. The Morgan fingerprint density at radius 1 is 1.75 bits per heavy atom. The van der Waals surface area contributed by atoms with Crippen molar-refractivity contribution >= 4 is 17.5 Å². The standard InChI is InChI=1S/C8H11NO2S/c1-3-7(10)5-12-8-9-6(2)4-11-8/h4H,3,5H2,1-2H3. The number of nitrogens with zero attached hydrogens (tertiary/aromatic N) is 1. The molecule has 1 aromatic heterocycles. The predicted octanol–water partition coefficient (Wildman–Crippen LogP) is 2.05. The number of aryl methyl sites for hydroxylation is 1. The van der Waals surface area contributed by atoms with Crippen LogP contribution in [-0.2, 0) is 4.79 Å². The van der Waals surface area contributed by atoms with Gasteiger partial charge in [0.2, 0.25) is 0 Å². The Morgan fingerprint density at radius 3 is 3.00 bits per heavy atom. The lowest BCUT2D eigenvalue weighted by molar-refractivity contribution is -0.116. The van der Waals surface area contributed by atoms with Crippen molar-refractivity contribution in [2.75, 3.05) is 5.75 Å². The molecule has 1 rings (SSSR count). The highest BCUT2D eigenvalue weighted by atomic mass is 32.2. The summed E-state index contributed by atoms with van der Waals surface area (Å²) in [4.78, 5) is 15.0. The van der Waals surface area contributed by atoms with Crippen LogP contribution in [0.1, 0.15) is 19.0 Å². The third-order valence-corrected chi connectivity index (χ3v) is 2.25. The molecule has 0 unspecified atom stereocenters. The van der Waals surface area contributed by atoms with Gasteiger partial charge in [-0.2, -0.15) is 0 Å². The zero-order chi connectivity index (χ0) is 8.97. The Bertz CT molecular complexity index is 270. The molecule has 12 heavy (non-hydrogen) atoms. The number of carbonyl (C=O) groups excluding carboxylic acids is 1. The van der Waals surface area contributed by atoms with E-state index in [9.17, 15) is 4.79 Å². The van der Waals surface area contributed by atoms with Gasteiger partial charge in [-0.3, -0.25) is 4.79 Å². The van der Waals surface area contributed by atoms with Crippen LogP contribution in [0.15, 0.2) is 15.9 Å². The van der Waals surface area contributed by atoms with Gasteiger partial charge in [-0.15, -0.1) is 0 Å². The second kappa shape index (κ2) is 4.30. The fraction of sp³-hybridized carbons (Fsp3) is 0.500. The van der Waals surface area contributed by atoms with E-state index in [4.69, 9.17) is 4.42 Å². The van der Waals surface area contributed by atoms with Gasteiger partial charge in [-0.05, 0) is 6.92 Å². The van der Waals surface area contributed by atoms with Crippen LogP contribution in [0, 0.1) is 6.92 Å². The Kier molecular flexibility index (Phi) is 3.34. The Morgan fingerprint density at radius 2 is 2.50 bits per heavy atom. The normalized spacial score (nSPS) is 10.2. The Balaban J connectivity index is 2.38. The van der Waals surface area contributed by atoms with Crippen LogP contribution in [0.4, 0.5) is 0 Å². The number of ketones is 1. The molecule has 0 aliphatic rings. The molecule has 0 aliphatic carbocycles. The van der Waals surface area contributed by atoms with Crippen LogP contribution in [0.5, 0.6) is 0 Å². The van der Waals surface area contributed by atoms with Crippen LogP contribution in [0.3, 0.4) is 0 Å². The molecule has 0 atom stereocenters. The lowest BCUT2D eigenvalue weighted by Gasteiger charge is -1.92. The lowest BCUT2D eigenvalue weighted by atomic mass is 10.4. The number of hydrogen-bond acceptors (Lipinski definition) is 4. The monoisotopic (exact) mass is 185 g/mol. The molecule has 1 aromatic rings. The van der Waals surface area contributed by atoms with Gasteiger partial charge < -0.3 is 4.42 Å². The summed E-state index contributed by atoms with van der Waals surface area (Å²) in [5.41, 5.74) is 0.849. The highest BCUT2D eigenvalue weighted by molar-refractivity contribution is 7.99. The average molecular weight is 185 g/mol. The fourth-order valence-electron chi connectivity index (χ4n) is 0.643. The second-order valence-corrected chi connectivity index (χ2v) is 3.36. The SMILES string of the molecule is CCC(=O)CSc1nc(C)co1. The molecular formula is C8H11NO2S. The zero-order valence-corrected chi connectivity index (χ0v) is 7.98. The quantitative estimate of drug-likeness (QED) is 0.673. The smallest absolute Gasteiger partial charge is 0.256 e. The number of rotatable bonds is 4. The molecule has 0 saturated carbocycles. The summed E-state index contributed by atoms with van der Waals surface area (Å²) in [6.45, 7) is 3.71. The topological polar surface area (TPSA) is 43.1 Å². The van der Waals surface area contributed by atoms with Gasteiger partial charge in [0, 0.05) is 6.42 Å². The maximum atomic E-state index is 10.9. The average Bonchev–Trinajstić information content (AvgIpc) is 2.47. The summed E-state index contributed by atoms with van der Waals surface area (Å²) in [5, 5.41) is 0.578. The van der Waals surface area contributed by atoms with E-state index >= 15 is 0 Å². The molecule has 0 fully saturated rings. The van der Waals surface area contributed by atoms with Crippen molar-refractivity contribution < 1.29 is 9.21 Å². The summed E-state index contributed by atoms with van der Waals surface area (Å²) < 4.78 is 5.06. The number of hydrogen-bond donors (Lipinski definition) is 0. The van der Waals surface area contributed by atoms with E-state index in [0.717, 1.165) is 5.69 Å². The lowest BCUT2D eigenvalue weighted by Crippen LogP contribution is -1.97. The van der Waals surface area contributed by atoms with Gasteiger partial charge in [-0.1, -0.05) is 18.7 Å². The zero-order valence-electron chi connectivity index (χ0n) is 7.16. The van der Waals surface area contributed by atoms with E-state index in [1.165, 1.54) is 11.8 Å². The Hall–Kier alpha value is -0.770. The van der Waals surface area contributed by atoms with E-state index in [1.54, 1.807) is 6.26 Å². The molecule has 0 radical (unpaired) electrons. The van der Waals surface area contributed by atoms with Gasteiger partial charge in [-0.25, -0.2) is 4.98 Å². The minimum Gasteiger partial charge on any atom is -0.440 e. The van der Waals surface area contributed by atoms with Crippen LogP contribution < -0.4 is 0 Å². The van der Waals surface area contributed by atoms with Crippen molar-refractivity contribution in [1.29, 1.82) is 0 Å². The highest BCUT2D eigenvalue weighted by Crippen LogP contribution is 2.16. The third-order valence-electron chi connectivity index (χ3n) is 1.35. The minimum atomic E-state index is 0.218. The first-order valence-electron chi connectivity index (χ1n) is 3.79. The number of oxazole rings is 1. The first kappa shape index (κ1) is 9.32. The molecule has 0 saturated heterocycles. The molecule has 0 N–H and O–H groups in total. The number of carbonyl (C=O) groups is 1. The van der Waals surface area contributed by atoms with Crippen LogP contribution in [0.2, 0.25) is 0 Å². The summed E-state index contributed by atoms with van der Waals surface area (Å²) in [6.07, 6.45) is 2.16. The van der Waals surface area contributed by atoms with Crippen molar-refractivity contribution in [3.05, 3.63) is 12.0 Å². The molecule has 0 aliphatic heterocycles. The molecule has 0 aromatic carbocycles. The van der Waals surface area contributed by atoms with Crippen LogP contribution in [-0.4, -0.2) is 16.5 Å². The van der Waals surface area contributed by atoms with E-state index < -0.39 is 0 Å². The summed E-state index contributed by atoms with van der Waals surface area (Å²) >= 11 is 1.35. The Labute approximate surface area is 75.6 Å². The van der Waals surface area contributed by atoms with Crippen molar-refractivity contribution in [1.82, 2.24) is 4.98 Å². The molecule has 0 bridgehead atoms. The summed E-state index contributed by atoms with van der Waals surface area (Å²) in [6, 6.07) is 0. The van der Waals surface area contributed by atoms with Crippen molar-refractivity contribution in [2.45, 2.75) is 25.5 Å². The molecule has 4 heteroatoms. The van der Waals surface area contributed by atoms with Gasteiger partial charge >= 0.3 is 0 Å². The number of thioether (sulfide) groups is 1. The molecule has 0 amide bonds. The highest BCUT2D eigenvalue weighted by Gasteiger charge is 2.04. The summed E-state index contributed by atoms with van der Waals surface area (Å²) in [7, 11) is 0. The number of Topliss-reactive ketones (excluding diaryl/α,β-unsaturated/α-hetero) is 1. The van der Waals surface area contributed by atoms with E-state index in [2.05, 4.69) is 4.98 Å². The molecule has 1 heterocycles.